The molecule has 0 radical (unpaired) electrons. The van der Waals surface area contributed by atoms with E-state index in [1.54, 1.807) is 0 Å². The van der Waals surface area contributed by atoms with E-state index in [-0.39, 0.29) is 5.91 Å². The lowest BCUT2D eigenvalue weighted by molar-refractivity contribution is 0.0740. The molecule has 0 spiro atoms. The maximum atomic E-state index is 13.2. The Hall–Kier alpha value is -2.92. The number of aryl methyl sites for hydroxylation is 2. The Labute approximate surface area is 167 Å². The molecule has 3 heterocycles. The van der Waals surface area contributed by atoms with Gasteiger partial charge in [0.1, 0.15) is 9.71 Å². The summed E-state index contributed by atoms with van der Waals surface area (Å²) >= 11 is 1.41. The van der Waals surface area contributed by atoms with Gasteiger partial charge >= 0.3 is 0 Å². The van der Waals surface area contributed by atoms with E-state index >= 15 is 0 Å². The van der Waals surface area contributed by atoms with E-state index in [2.05, 4.69) is 50.2 Å². The second kappa shape index (κ2) is 6.31. The third-order valence-electron chi connectivity index (χ3n) is 5.82. The number of thiophene rings is 1. The molecule has 0 saturated heterocycles. The smallest absolute Gasteiger partial charge is 0.266 e. The fourth-order valence-electron chi connectivity index (χ4n) is 3.98. The van der Waals surface area contributed by atoms with Crippen LogP contribution in [0.15, 0.2) is 42.5 Å². The number of hydrogen-bond acceptors (Lipinski definition) is 4. The molecule has 5 rings (SSSR count). The van der Waals surface area contributed by atoms with Gasteiger partial charge in [0.2, 0.25) is 0 Å². The van der Waals surface area contributed by atoms with Crippen molar-refractivity contribution in [2.75, 3.05) is 12.3 Å². The van der Waals surface area contributed by atoms with Gasteiger partial charge in [-0.15, -0.1) is 11.3 Å². The minimum absolute atomic E-state index is 0.00645. The van der Waals surface area contributed by atoms with Crippen molar-refractivity contribution in [3.05, 3.63) is 69.6 Å². The molecule has 1 amide bonds. The van der Waals surface area contributed by atoms with E-state index in [1.165, 1.54) is 33.6 Å². The Kier molecular flexibility index (Phi) is 3.88. The molecule has 4 nitrogen and oxygen atoms in total. The standard InChI is InChI=1S/C23H21N3OS/c1-13-7-8-16-11-18-19(24)21(28-22(18)25-20(16)14(13)2)23(27)26-10-9-15-5-3-4-6-17(15)12-26/h3-8,11H,9-10,12,24H2,1-2H3. The number of nitrogen functional groups attached to an aromatic ring is 1. The summed E-state index contributed by atoms with van der Waals surface area (Å²) in [7, 11) is 0. The van der Waals surface area contributed by atoms with Gasteiger partial charge in [0.15, 0.2) is 0 Å². The molecule has 0 saturated carbocycles. The fraction of sp³-hybridized carbons (Fsp3) is 0.217. The third kappa shape index (κ3) is 2.58. The molecule has 140 valence electrons. The average molecular weight is 388 g/mol. The van der Waals surface area contributed by atoms with Crippen molar-refractivity contribution < 1.29 is 4.79 Å². The van der Waals surface area contributed by atoms with Crippen LogP contribution in [0.25, 0.3) is 21.1 Å². The molecule has 0 atom stereocenters. The van der Waals surface area contributed by atoms with Gasteiger partial charge in [0, 0.05) is 23.9 Å². The van der Waals surface area contributed by atoms with E-state index in [4.69, 9.17) is 10.7 Å². The van der Waals surface area contributed by atoms with Gasteiger partial charge in [0.25, 0.3) is 5.91 Å². The van der Waals surface area contributed by atoms with Gasteiger partial charge in [-0.2, -0.15) is 0 Å². The highest BCUT2D eigenvalue weighted by molar-refractivity contribution is 7.21. The molecular formula is C23H21N3OS. The number of nitrogens with zero attached hydrogens (tertiary/aromatic N) is 2. The van der Waals surface area contributed by atoms with Gasteiger partial charge in [-0.1, -0.05) is 36.4 Å². The van der Waals surface area contributed by atoms with Gasteiger partial charge in [-0.05, 0) is 48.6 Å². The van der Waals surface area contributed by atoms with Crippen molar-refractivity contribution in [2.45, 2.75) is 26.8 Å². The molecule has 28 heavy (non-hydrogen) atoms. The predicted molar refractivity (Wildman–Crippen MR) is 116 cm³/mol. The number of pyridine rings is 1. The number of rotatable bonds is 1. The SMILES string of the molecule is Cc1ccc2cc3c(N)c(C(=O)N4CCc5ccccc5C4)sc3nc2c1C. The molecule has 0 aliphatic carbocycles. The summed E-state index contributed by atoms with van der Waals surface area (Å²) in [6.07, 6.45) is 0.882. The summed E-state index contributed by atoms with van der Waals surface area (Å²) in [6.45, 7) is 5.53. The van der Waals surface area contributed by atoms with Crippen LogP contribution < -0.4 is 5.73 Å². The number of anilines is 1. The lowest BCUT2D eigenvalue weighted by atomic mass is 10.00. The topological polar surface area (TPSA) is 59.2 Å². The van der Waals surface area contributed by atoms with Crippen LogP contribution >= 0.6 is 11.3 Å². The largest absolute Gasteiger partial charge is 0.397 e. The zero-order valence-electron chi connectivity index (χ0n) is 16.0. The molecule has 1 aliphatic heterocycles. The van der Waals surface area contributed by atoms with E-state index in [0.717, 1.165) is 34.1 Å². The molecule has 1 aliphatic rings. The zero-order chi connectivity index (χ0) is 19.4. The number of hydrogen-bond donors (Lipinski definition) is 1. The molecule has 4 aromatic rings. The Morgan fingerprint density at radius 1 is 1.14 bits per heavy atom. The Balaban J connectivity index is 1.57. The summed E-state index contributed by atoms with van der Waals surface area (Å²) < 4.78 is 0. The van der Waals surface area contributed by atoms with Gasteiger partial charge < -0.3 is 10.6 Å². The van der Waals surface area contributed by atoms with Crippen LogP contribution in [-0.2, 0) is 13.0 Å². The normalized spacial score (nSPS) is 13.9. The molecular weight excluding hydrogens is 366 g/mol. The van der Waals surface area contributed by atoms with Crippen molar-refractivity contribution in [3.8, 4) is 0 Å². The number of amides is 1. The lowest BCUT2D eigenvalue weighted by Crippen LogP contribution is -2.35. The molecule has 0 unspecified atom stereocenters. The van der Waals surface area contributed by atoms with Crippen molar-refractivity contribution in [1.82, 2.24) is 9.88 Å². The average Bonchev–Trinajstić information content (AvgIpc) is 3.04. The van der Waals surface area contributed by atoms with E-state index in [1.807, 2.05) is 11.0 Å². The summed E-state index contributed by atoms with van der Waals surface area (Å²) in [6, 6.07) is 14.6. The number of carbonyl (C=O) groups is 1. The first-order valence-corrected chi connectivity index (χ1v) is 10.3. The fourth-order valence-corrected chi connectivity index (χ4v) is 5.03. The van der Waals surface area contributed by atoms with Gasteiger partial charge in [0.05, 0.1) is 11.2 Å². The highest BCUT2D eigenvalue weighted by atomic mass is 32.1. The monoisotopic (exact) mass is 387 g/mol. The Morgan fingerprint density at radius 2 is 1.93 bits per heavy atom. The van der Waals surface area contributed by atoms with Crippen LogP contribution in [-0.4, -0.2) is 22.3 Å². The summed E-state index contributed by atoms with van der Waals surface area (Å²) in [5, 5.41) is 1.94. The minimum atomic E-state index is 0.00645. The van der Waals surface area contributed by atoms with E-state index in [0.29, 0.717) is 17.1 Å². The van der Waals surface area contributed by atoms with Crippen molar-refractivity contribution in [3.63, 3.8) is 0 Å². The molecule has 0 fully saturated rings. The van der Waals surface area contributed by atoms with Crippen LogP contribution in [0.2, 0.25) is 0 Å². The summed E-state index contributed by atoms with van der Waals surface area (Å²) in [4.78, 5) is 21.4. The number of aromatic nitrogens is 1. The minimum Gasteiger partial charge on any atom is -0.397 e. The molecule has 2 aromatic carbocycles. The number of benzene rings is 2. The van der Waals surface area contributed by atoms with Crippen LogP contribution in [0.4, 0.5) is 5.69 Å². The quantitative estimate of drug-likeness (QED) is 0.508. The third-order valence-corrected chi connectivity index (χ3v) is 6.93. The first-order valence-electron chi connectivity index (χ1n) is 9.48. The number of nitrogens with two attached hydrogens (primary N) is 1. The van der Waals surface area contributed by atoms with E-state index < -0.39 is 0 Å². The number of carbonyl (C=O) groups excluding carboxylic acids is 1. The lowest BCUT2D eigenvalue weighted by Gasteiger charge is -2.28. The van der Waals surface area contributed by atoms with Crippen LogP contribution in [0.1, 0.15) is 31.9 Å². The Bertz CT molecular complexity index is 1260. The Morgan fingerprint density at radius 3 is 2.75 bits per heavy atom. The van der Waals surface area contributed by atoms with Crippen molar-refractivity contribution >= 4 is 44.1 Å². The summed E-state index contributed by atoms with van der Waals surface area (Å²) in [5.41, 5.74) is 12.9. The molecule has 0 bridgehead atoms. The highest BCUT2D eigenvalue weighted by Crippen LogP contribution is 2.36. The number of fused-ring (bicyclic) bond motifs is 3. The van der Waals surface area contributed by atoms with Crippen LogP contribution in [0.5, 0.6) is 0 Å². The first-order chi connectivity index (χ1) is 13.5. The molecule has 2 N–H and O–H groups in total. The maximum Gasteiger partial charge on any atom is 0.266 e. The molecule has 2 aromatic heterocycles. The van der Waals surface area contributed by atoms with Crippen LogP contribution in [0, 0.1) is 13.8 Å². The first kappa shape index (κ1) is 17.2. The van der Waals surface area contributed by atoms with Gasteiger partial charge in [-0.25, -0.2) is 4.98 Å². The van der Waals surface area contributed by atoms with Crippen molar-refractivity contribution in [1.29, 1.82) is 0 Å². The zero-order valence-corrected chi connectivity index (χ0v) is 16.8. The van der Waals surface area contributed by atoms with E-state index in [9.17, 15) is 4.79 Å². The second-order valence-electron chi connectivity index (χ2n) is 7.51. The van der Waals surface area contributed by atoms with Crippen LogP contribution in [0.3, 0.4) is 0 Å². The predicted octanol–water partition coefficient (Wildman–Crippen LogP) is 4.85. The van der Waals surface area contributed by atoms with Crippen molar-refractivity contribution in [2.24, 2.45) is 0 Å². The second-order valence-corrected chi connectivity index (χ2v) is 8.51. The maximum absolute atomic E-state index is 13.2. The summed E-state index contributed by atoms with van der Waals surface area (Å²) in [5.74, 6) is 0.00645. The van der Waals surface area contributed by atoms with Gasteiger partial charge in [-0.3, -0.25) is 4.79 Å². The highest BCUT2D eigenvalue weighted by Gasteiger charge is 2.26. The molecule has 5 heteroatoms.